The standard InChI is InChI=1S/C13H17N3O2S/c1-3-11-10(9-13-14-7-8-15-13)5-4-6-12(11)16-19(2,17)18/h3-6,16H,1,7-9H2,2H3,(H,14,15). The molecule has 0 atom stereocenters. The van der Waals surface area contributed by atoms with Gasteiger partial charge in [-0.15, -0.1) is 0 Å². The molecule has 0 bridgehead atoms. The molecule has 0 aliphatic carbocycles. The number of rotatable bonds is 5. The van der Waals surface area contributed by atoms with E-state index in [1.165, 1.54) is 0 Å². The number of anilines is 1. The fraction of sp³-hybridized carbons (Fsp3) is 0.308. The predicted octanol–water partition coefficient (Wildman–Crippen LogP) is 1.25. The third-order valence-corrected chi connectivity index (χ3v) is 3.39. The molecule has 0 fully saturated rings. The first-order valence-electron chi connectivity index (χ1n) is 5.99. The summed E-state index contributed by atoms with van der Waals surface area (Å²) in [6.45, 7) is 5.41. The number of aliphatic imine (C=N–C) groups is 1. The van der Waals surface area contributed by atoms with Crippen molar-refractivity contribution >= 4 is 27.6 Å². The monoisotopic (exact) mass is 279 g/mol. The van der Waals surface area contributed by atoms with E-state index in [0.717, 1.165) is 36.3 Å². The van der Waals surface area contributed by atoms with Crippen molar-refractivity contribution in [1.82, 2.24) is 5.32 Å². The van der Waals surface area contributed by atoms with Crippen molar-refractivity contribution in [2.45, 2.75) is 6.42 Å². The molecule has 1 aliphatic heterocycles. The quantitative estimate of drug-likeness (QED) is 0.852. The maximum atomic E-state index is 11.3. The second-order valence-electron chi connectivity index (χ2n) is 4.39. The summed E-state index contributed by atoms with van der Waals surface area (Å²) >= 11 is 0. The number of hydrogen-bond acceptors (Lipinski definition) is 4. The van der Waals surface area contributed by atoms with Crippen LogP contribution in [0.3, 0.4) is 0 Å². The molecule has 2 rings (SSSR count). The second kappa shape index (κ2) is 5.44. The molecular formula is C13H17N3O2S. The average molecular weight is 279 g/mol. The van der Waals surface area contributed by atoms with Crippen LogP contribution >= 0.6 is 0 Å². The summed E-state index contributed by atoms with van der Waals surface area (Å²) in [6.07, 6.45) is 3.45. The lowest BCUT2D eigenvalue weighted by Gasteiger charge is -2.12. The second-order valence-corrected chi connectivity index (χ2v) is 6.14. The van der Waals surface area contributed by atoms with Crippen LogP contribution in [0.4, 0.5) is 5.69 Å². The maximum Gasteiger partial charge on any atom is 0.229 e. The van der Waals surface area contributed by atoms with Crippen molar-refractivity contribution in [1.29, 1.82) is 0 Å². The molecule has 19 heavy (non-hydrogen) atoms. The van der Waals surface area contributed by atoms with Crippen LogP contribution in [0.2, 0.25) is 0 Å². The molecule has 5 nitrogen and oxygen atoms in total. The Morgan fingerprint density at radius 3 is 2.89 bits per heavy atom. The van der Waals surface area contributed by atoms with Gasteiger partial charge in [-0.1, -0.05) is 24.8 Å². The molecule has 6 heteroatoms. The smallest absolute Gasteiger partial charge is 0.229 e. The van der Waals surface area contributed by atoms with Gasteiger partial charge in [-0.05, 0) is 11.6 Å². The maximum absolute atomic E-state index is 11.3. The molecule has 0 saturated heterocycles. The van der Waals surface area contributed by atoms with Crippen LogP contribution in [0, 0.1) is 0 Å². The van der Waals surface area contributed by atoms with Gasteiger partial charge in [-0.25, -0.2) is 8.42 Å². The highest BCUT2D eigenvalue weighted by Crippen LogP contribution is 2.23. The summed E-state index contributed by atoms with van der Waals surface area (Å²) in [6, 6.07) is 5.50. The van der Waals surface area contributed by atoms with Gasteiger partial charge in [0.1, 0.15) is 5.84 Å². The largest absolute Gasteiger partial charge is 0.372 e. The summed E-state index contributed by atoms with van der Waals surface area (Å²) in [5, 5.41) is 3.20. The first-order chi connectivity index (χ1) is 8.99. The van der Waals surface area contributed by atoms with Crippen LogP contribution in [0.25, 0.3) is 6.08 Å². The van der Waals surface area contributed by atoms with Gasteiger partial charge in [-0.2, -0.15) is 0 Å². The first kappa shape index (κ1) is 13.6. The van der Waals surface area contributed by atoms with E-state index < -0.39 is 10.0 Å². The zero-order chi connectivity index (χ0) is 13.9. The molecule has 0 radical (unpaired) electrons. The van der Waals surface area contributed by atoms with E-state index >= 15 is 0 Å². The Morgan fingerprint density at radius 1 is 1.53 bits per heavy atom. The zero-order valence-corrected chi connectivity index (χ0v) is 11.6. The van der Waals surface area contributed by atoms with Crippen LogP contribution in [-0.4, -0.2) is 33.6 Å². The average Bonchev–Trinajstić information content (AvgIpc) is 2.80. The third-order valence-electron chi connectivity index (χ3n) is 2.80. The topological polar surface area (TPSA) is 70.6 Å². The van der Waals surface area contributed by atoms with Crippen molar-refractivity contribution in [3.8, 4) is 0 Å². The van der Waals surface area contributed by atoms with Gasteiger partial charge in [-0.3, -0.25) is 9.71 Å². The minimum Gasteiger partial charge on any atom is -0.372 e. The third kappa shape index (κ3) is 3.57. The normalized spacial score (nSPS) is 14.7. The van der Waals surface area contributed by atoms with E-state index in [4.69, 9.17) is 0 Å². The van der Waals surface area contributed by atoms with Crippen LogP contribution in [-0.2, 0) is 16.4 Å². The number of hydrogen-bond donors (Lipinski definition) is 2. The molecule has 2 N–H and O–H groups in total. The molecule has 1 aromatic carbocycles. The number of benzene rings is 1. The number of nitrogens with zero attached hydrogens (tertiary/aromatic N) is 1. The van der Waals surface area contributed by atoms with E-state index in [1.807, 2.05) is 12.1 Å². The molecule has 102 valence electrons. The van der Waals surface area contributed by atoms with Crippen LogP contribution in [0.1, 0.15) is 11.1 Å². The Balaban J connectivity index is 2.33. The van der Waals surface area contributed by atoms with Gasteiger partial charge in [0.15, 0.2) is 0 Å². The van der Waals surface area contributed by atoms with Gasteiger partial charge >= 0.3 is 0 Å². The van der Waals surface area contributed by atoms with E-state index in [-0.39, 0.29) is 0 Å². The number of sulfonamides is 1. The number of amidine groups is 1. The van der Waals surface area contributed by atoms with Gasteiger partial charge in [0.05, 0.1) is 18.5 Å². The van der Waals surface area contributed by atoms with Gasteiger partial charge < -0.3 is 5.32 Å². The molecule has 0 amide bonds. The molecular weight excluding hydrogens is 262 g/mol. The molecule has 0 aromatic heterocycles. The Hall–Kier alpha value is -1.82. The molecule has 0 spiro atoms. The van der Waals surface area contributed by atoms with Crippen molar-refractivity contribution in [2.75, 3.05) is 24.1 Å². The fourth-order valence-electron chi connectivity index (χ4n) is 2.04. The molecule has 0 saturated carbocycles. The Morgan fingerprint density at radius 2 is 2.32 bits per heavy atom. The molecule has 1 aliphatic rings. The van der Waals surface area contributed by atoms with Gasteiger partial charge in [0.25, 0.3) is 0 Å². The lowest BCUT2D eigenvalue weighted by Crippen LogP contribution is -2.21. The van der Waals surface area contributed by atoms with E-state index in [0.29, 0.717) is 12.1 Å². The van der Waals surface area contributed by atoms with Gasteiger partial charge in [0.2, 0.25) is 10.0 Å². The van der Waals surface area contributed by atoms with Crippen LogP contribution in [0.5, 0.6) is 0 Å². The molecule has 0 unspecified atom stereocenters. The predicted molar refractivity (Wildman–Crippen MR) is 79.0 cm³/mol. The number of nitrogens with one attached hydrogen (secondary N) is 2. The van der Waals surface area contributed by atoms with Crippen molar-refractivity contribution in [2.24, 2.45) is 4.99 Å². The summed E-state index contributed by atoms with van der Waals surface area (Å²) < 4.78 is 25.2. The van der Waals surface area contributed by atoms with E-state index in [9.17, 15) is 8.42 Å². The van der Waals surface area contributed by atoms with Crippen LogP contribution in [0.15, 0.2) is 29.8 Å². The van der Waals surface area contributed by atoms with Crippen molar-refractivity contribution < 1.29 is 8.42 Å². The summed E-state index contributed by atoms with van der Waals surface area (Å²) in [5.41, 5.74) is 2.34. The Bertz CT molecular complexity index is 621. The zero-order valence-electron chi connectivity index (χ0n) is 10.8. The first-order valence-corrected chi connectivity index (χ1v) is 7.88. The molecule has 1 aromatic rings. The fourth-order valence-corrected chi connectivity index (χ4v) is 2.62. The highest BCUT2D eigenvalue weighted by Gasteiger charge is 2.12. The summed E-state index contributed by atoms with van der Waals surface area (Å²) in [4.78, 5) is 4.34. The van der Waals surface area contributed by atoms with E-state index in [2.05, 4.69) is 21.6 Å². The minimum atomic E-state index is -3.30. The Kier molecular flexibility index (Phi) is 3.90. The minimum absolute atomic E-state index is 0.550. The SMILES string of the molecule is C=Cc1c(CC2=NCCN2)cccc1NS(C)(=O)=O. The van der Waals surface area contributed by atoms with Crippen LogP contribution < -0.4 is 10.0 Å². The van der Waals surface area contributed by atoms with Gasteiger partial charge in [0, 0.05) is 18.5 Å². The van der Waals surface area contributed by atoms with Crippen molar-refractivity contribution in [3.63, 3.8) is 0 Å². The van der Waals surface area contributed by atoms with E-state index in [1.54, 1.807) is 12.1 Å². The Labute approximate surface area is 113 Å². The highest BCUT2D eigenvalue weighted by atomic mass is 32.2. The lowest BCUT2D eigenvalue weighted by molar-refractivity contribution is 0.607. The summed E-state index contributed by atoms with van der Waals surface area (Å²) in [5.74, 6) is 0.930. The lowest BCUT2D eigenvalue weighted by atomic mass is 10.0. The molecule has 1 heterocycles. The van der Waals surface area contributed by atoms with Crippen molar-refractivity contribution in [3.05, 3.63) is 35.9 Å². The summed E-state index contributed by atoms with van der Waals surface area (Å²) in [7, 11) is -3.30. The highest BCUT2D eigenvalue weighted by molar-refractivity contribution is 7.92.